The van der Waals surface area contributed by atoms with E-state index in [0.29, 0.717) is 30.6 Å². The Morgan fingerprint density at radius 3 is 2.80 bits per heavy atom. The smallest absolute Gasteiger partial charge is 0.255 e. The monoisotopic (exact) mass is 341 g/mol. The van der Waals surface area contributed by atoms with E-state index in [2.05, 4.69) is 4.98 Å². The molecule has 6 heteroatoms. The van der Waals surface area contributed by atoms with Gasteiger partial charge in [0, 0.05) is 37.7 Å². The minimum atomic E-state index is -0.561. The standard InChI is InChI=1S/C19H17F2N3O/c20-16-8-14(9-17(21)10-16)7-13-3-5-24(11-13)19(25)15-1-2-18-22-4-6-23(18)12-15/h1-2,4,6,8-10,12-13H,3,5,7,11H2. The van der Waals surface area contributed by atoms with Crippen molar-refractivity contribution >= 4 is 11.6 Å². The summed E-state index contributed by atoms with van der Waals surface area (Å²) in [6.45, 7) is 1.25. The van der Waals surface area contributed by atoms with Crippen LogP contribution in [-0.2, 0) is 6.42 Å². The lowest BCUT2D eigenvalue weighted by molar-refractivity contribution is 0.0786. The first kappa shape index (κ1) is 15.7. The number of fused-ring (bicyclic) bond motifs is 1. The van der Waals surface area contributed by atoms with Gasteiger partial charge >= 0.3 is 0 Å². The fourth-order valence-corrected chi connectivity index (χ4v) is 3.47. The molecule has 2 aromatic heterocycles. The summed E-state index contributed by atoms with van der Waals surface area (Å²) < 4.78 is 28.5. The van der Waals surface area contributed by atoms with Gasteiger partial charge in [0.2, 0.25) is 0 Å². The quantitative estimate of drug-likeness (QED) is 0.733. The molecule has 0 N–H and O–H groups in total. The molecule has 1 fully saturated rings. The Labute approximate surface area is 143 Å². The molecule has 0 saturated carbocycles. The summed E-state index contributed by atoms with van der Waals surface area (Å²) in [4.78, 5) is 18.7. The van der Waals surface area contributed by atoms with Gasteiger partial charge in [-0.1, -0.05) is 0 Å². The Balaban J connectivity index is 1.45. The van der Waals surface area contributed by atoms with Gasteiger partial charge in [-0.05, 0) is 48.6 Å². The highest BCUT2D eigenvalue weighted by Gasteiger charge is 2.27. The van der Waals surface area contributed by atoms with Crippen molar-refractivity contribution in [1.29, 1.82) is 0 Å². The first-order chi connectivity index (χ1) is 12.1. The molecule has 1 aliphatic heterocycles. The molecular weight excluding hydrogens is 324 g/mol. The number of pyridine rings is 1. The summed E-state index contributed by atoms with van der Waals surface area (Å²) in [5.41, 5.74) is 2.04. The van der Waals surface area contributed by atoms with Crippen LogP contribution < -0.4 is 0 Å². The van der Waals surface area contributed by atoms with Gasteiger partial charge in [-0.2, -0.15) is 0 Å². The number of rotatable bonds is 3. The van der Waals surface area contributed by atoms with Crippen molar-refractivity contribution in [2.45, 2.75) is 12.8 Å². The Morgan fingerprint density at radius 2 is 2.00 bits per heavy atom. The zero-order valence-corrected chi connectivity index (χ0v) is 13.5. The molecule has 0 spiro atoms. The third-order valence-electron chi connectivity index (χ3n) is 4.66. The van der Waals surface area contributed by atoms with Crippen molar-refractivity contribution in [2.75, 3.05) is 13.1 Å². The number of carbonyl (C=O) groups excluding carboxylic acids is 1. The number of benzene rings is 1. The van der Waals surface area contributed by atoms with Crippen molar-refractivity contribution in [3.8, 4) is 0 Å². The molecule has 4 rings (SSSR count). The third-order valence-corrected chi connectivity index (χ3v) is 4.66. The van der Waals surface area contributed by atoms with Crippen LogP contribution >= 0.6 is 0 Å². The first-order valence-electron chi connectivity index (χ1n) is 8.25. The number of halogens is 2. The molecular formula is C19H17F2N3O. The second-order valence-electron chi connectivity index (χ2n) is 6.50. The second-order valence-corrected chi connectivity index (χ2v) is 6.50. The van der Waals surface area contributed by atoms with Gasteiger partial charge in [0.1, 0.15) is 17.3 Å². The fraction of sp³-hybridized carbons (Fsp3) is 0.263. The van der Waals surface area contributed by atoms with Gasteiger partial charge in [-0.25, -0.2) is 13.8 Å². The van der Waals surface area contributed by atoms with Crippen LogP contribution in [0.15, 0.2) is 48.9 Å². The minimum absolute atomic E-state index is 0.0245. The fourth-order valence-electron chi connectivity index (χ4n) is 3.47. The number of aromatic nitrogens is 2. The summed E-state index contributed by atoms with van der Waals surface area (Å²) in [5.74, 6) is -0.935. The highest BCUT2D eigenvalue weighted by Crippen LogP contribution is 2.23. The predicted octanol–water partition coefficient (Wildman–Crippen LogP) is 3.32. The molecule has 25 heavy (non-hydrogen) atoms. The molecule has 0 aliphatic carbocycles. The number of likely N-dealkylation sites (tertiary alicyclic amines) is 1. The Bertz CT molecular complexity index is 917. The van der Waals surface area contributed by atoms with E-state index in [0.717, 1.165) is 18.1 Å². The van der Waals surface area contributed by atoms with Crippen LogP contribution in [0.5, 0.6) is 0 Å². The first-order valence-corrected chi connectivity index (χ1v) is 8.25. The maximum Gasteiger partial charge on any atom is 0.255 e. The molecule has 1 aromatic carbocycles. The van der Waals surface area contributed by atoms with Crippen molar-refractivity contribution < 1.29 is 13.6 Å². The van der Waals surface area contributed by atoms with Gasteiger partial charge < -0.3 is 9.30 Å². The summed E-state index contributed by atoms with van der Waals surface area (Å²) in [7, 11) is 0. The normalized spacial score (nSPS) is 17.4. The number of amides is 1. The Hall–Kier alpha value is -2.76. The van der Waals surface area contributed by atoms with E-state index in [1.54, 1.807) is 29.6 Å². The molecule has 3 heterocycles. The average molecular weight is 341 g/mol. The van der Waals surface area contributed by atoms with Crippen LogP contribution in [-0.4, -0.2) is 33.3 Å². The van der Waals surface area contributed by atoms with Crippen LogP contribution in [0.3, 0.4) is 0 Å². The molecule has 0 radical (unpaired) electrons. The summed E-state index contributed by atoms with van der Waals surface area (Å²) in [6.07, 6.45) is 6.67. The summed E-state index contributed by atoms with van der Waals surface area (Å²) in [5, 5.41) is 0. The average Bonchev–Trinajstić information content (AvgIpc) is 3.21. The van der Waals surface area contributed by atoms with E-state index >= 15 is 0 Å². The van der Waals surface area contributed by atoms with Crippen molar-refractivity contribution in [2.24, 2.45) is 5.92 Å². The van der Waals surface area contributed by atoms with E-state index in [1.165, 1.54) is 12.1 Å². The molecule has 1 saturated heterocycles. The predicted molar refractivity (Wildman–Crippen MR) is 89.3 cm³/mol. The molecule has 1 atom stereocenters. The van der Waals surface area contributed by atoms with E-state index in [1.807, 2.05) is 10.5 Å². The Morgan fingerprint density at radius 1 is 1.20 bits per heavy atom. The number of carbonyl (C=O) groups is 1. The van der Waals surface area contributed by atoms with Crippen LogP contribution in [0.2, 0.25) is 0 Å². The number of hydrogen-bond donors (Lipinski definition) is 0. The topological polar surface area (TPSA) is 37.6 Å². The number of imidazole rings is 1. The van der Waals surface area contributed by atoms with Crippen LogP contribution in [0.1, 0.15) is 22.3 Å². The highest BCUT2D eigenvalue weighted by atomic mass is 19.1. The number of nitrogens with zero attached hydrogens (tertiary/aromatic N) is 3. The van der Waals surface area contributed by atoms with Gasteiger partial charge in [0.05, 0.1) is 5.56 Å². The molecule has 1 amide bonds. The second kappa shape index (κ2) is 6.27. The largest absolute Gasteiger partial charge is 0.338 e. The zero-order chi connectivity index (χ0) is 17.4. The van der Waals surface area contributed by atoms with Gasteiger partial charge in [0.15, 0.2) is 0 Å². The minimum Gasteiger partial charge on any atom is -0.338 e. The third kappa shape index (κ3) is 3.24. The van der Waals surface area contributed by atoms with E-state index in [9.17, 15) is 13.6 Å². The Kier molecular flexibility index (Phi) is 3.95. The van der Waals surface area contributed by atoms with Crippen LogP contribution in [0.25, 0.3) is 5.65 Å². The van der Waals surface area contributed by atoms with Crippen molar-refractivity contribution in [3.63, 3.8) is 0 Å². The lowest BCUT2D eigenvalue weighted by Gasteiger charge is -2.17. The lowest BCUT2D eigenvalue weighted by atomic mass is 9.98. The lowest BCUT2D eigenvalue weighted by Crippen LogP contribution is -2.29. The zero-order valence-electron chi connectivity index (χ0n) is 13.5. The molecule has 0 bridgehead atoms. The van der Waals surface area contributed by atoms with E-state index in [-0.39, 0.29) is 11.8 Å². The summed E-state index contributed by atoms with van der Waals surface area (Å²) in [6, 6.07) is 7.19. The molecule has 128 valence electrons. The van der Waals surface area contributed by atoms with E-state index < -0.39 is 11.6 Å². The molecule has 1 unspecified atom stereocenters. The SMILES string of the molecule is O=C(c1ccc2nccn2c1)N1CCC(Cc2cc(F)cc(F)c2)C1. The highest BCUT2D eigenvalue weighted by molar-refractivity contribution is 5.94. The molecule has 4 nitrogen and oxygen atoms in total. The van der Waals surface area contributed by atoms with Crippen molar-refractivity contribution in [3.05, 3.63) is 71.7 Å². The maximum absolute atomic E-state index is 13.3. The van der Waals surface area contributed by atoms with Gasteiger partial charge in [0.25, 0.3) is 5.91 Å². The molecule has 3 aromatic rings. The summed E-state index contributed by atoms with van der Waals surface area (Å²) >= 11 is 0. The number of hydrogen-bond acceptors (Lipinski definition) is 2. The molecule has 1 aliphatic rings. The van der Waals surface area contributed by atoms with Crippen LogP contribution in [0.4, 0.5) is 8.78 Å². The van der Waals surface area contributed by atoms with Crippen molar-refractivity contribution in [1.82, 2.24) is 14.3 Å². The van der Waals surface area contributed by atoms with Gasteiger partial charge in [-0.3, -0.25) is 4.79 Å². The maximum atomic E-state index is 13.3. The van der Waals surface area contributed by atoms with Crippen LogP contribution in [0, 0.1) is 17.6 Å². The van der Waals surface area contributed by atoms with E-state index in [4.69, 9.17) is 0 Å². The van der Waals surface area contributed by atoms with Gasteiger partial charge in [-0.15, -0.1) is 0 Å².